The summed E-state index contributed by atoms with van der Waals surface area (Å²) in [4.78, 5) is 0. The van der Waals surface area contributed by atoms with Gasteiger partial charge in [0.05, 0.1) is 0 Å². The molecule has 1 aliphatic heterocycles. The second-order valence-corrected chi connectivity index (χ2v) is 4.88. The van der Waals surface area contributed by atoms with E-state index in [-0.39, 0.29) is 5.82 Å². The molecule has 1 fully saturated rings. The van der Waals surface area contributed by atoms with Crippen LogP contribution in [0.4, 0.5) is 4.39 Å². The maximum absolute atomic E-state index is 13.7. The molecule has 1 aromatic rings. The molecular formula is C14H20FN. The molecule has 1 heterocycles. The summed E-state index contributed by atoms with van der Waals surface area (Å²) < 4.78 is 13.7. The van der Waals surface area contributed by atoms with Gasteiger partial charge in [-0.1, -0.05) is 12.1 Å². The fourth-order valence-corrected chi connectivity index (χ4v) is 2.48. The van der Waals surface area contributed by atoms with E-state index in [0.29, 0.717) is 0 Å². The average molecular weight is 221 g/mol. The van der Waals surface area contributed by atoms with Gasteiger partial charge >= 0.3 is 0 Å². The van der Waals surface area contributed by atoms with Gasteiger partial charge in [-0.05, 0) is 68.8 Å². The number of aryl methyl sites for hydroxylation is 1. The van der Waals surface area contributed by atoms with E-state index in [4.69, 9.17) is 0 Å². The zero-order chi connectivity index (χ0) is 11.5. The largest absolute Gasteiger partial charge is 0.317 e. The molecular weight excluding hydrogens is 201 g/mol. The Bertz CT molecular complexity index is 367. The minimum Gasteiger partial charge on any atom is -0.317 e. The molecule has 0 atom stereocenters. The molecule has 2 rings (SSSR count). The van der Waals surface area contributed by atoms with E-state index in [9.17, 15) is 4.39 Å². The van der Waals surface area contributed by atoms with Crippen molar-refractivity contribution < 1.29 is 4.39 Å². The minimum atomic E-state index is -0.0218. The van der Waals surface area contributed by atoms with E-state index in [1.165, 1.54) is 18.4 Å². The molecule has 0 aromatic heterocycles. The van der Waals surface area contributed by atoms with Gasteiger partial charge in [0.1, 0.15) is 5.82 Å². The number of rotatable bonds is 2. The van der Waals surface area contributed by atoms with Crippen molar-refractivity contribution in [3.05, 3.63) is 34.6 Å². The summed E-state index contributed by atoms with van der Waals surface area (Å²) in [7, 11) is 0. The molecule has 0 aliphatic carbocycles. The Morgan fingerprint density at radius 1 is 1.25 bits per heavy atom. The molecule has 1 N–H and O–H groups in total. The summed E-state index contributed by atoms with van der Waals surface area (Å²) in [6.45, 7) is 5.95. The van der Waals surface area contributed by atoms with Crippen molar-refractivity contribution >= 4 is 0 Å². The SMILES string of the molecule is Cc1ccc(CC2CCNCC2)c(C)c1F. The van der Waals surface area contributed by atoms with Gasteiger partial charge in [0, 0.05) is 0 Å². The molecule has 88 valence electrons. The van der Waals surface area contributed by atoms with E-state index < -0.39 is 0 Å². The lowest BCUT2D eigenvalue weighted by Gasteiger charge is -2.23. The van der Waals surface area contributed by atoms with Crippen LogP contribution in [0.15, 0.2) is 12.1 Å². The lowest BCUT2D eigenvalue weighted by atomic mass is 9.89. The Morgan fingerprint density at radius 2 is 1.94 bits per heavy atom. The van der Waals surface area contributed by atoms with Crippen molar-refractivity contribution in [2.75, 3.05) is 13.1 Å². The second-order valence-electron chi connectivity index (χ2n) is 4.88. The first-order valence-electron chi connectivity index (χ1n) is 6.14. The molecule has 1 aromatic carbocycles. The van der Waals surface area contributed by atoms with Gasteiger partial charge in [0.15, 0.2) is 0 Å². The Morgan fingerprint density at radius 3 is 2.62 bits per heavy atom. The normalized spacial score (nSPS) is 17.7. The third-order valence-corrected chi connectivity index (χ3v) is 3.66. The average Bonchev–Trinajstić information content (AvgIpc) is 2.31. The number of benzene rings is 1. The number of nitrogens with one attached hydrogen (secondary N) is 1. The van der Waals surface area contributed by atoms with Gasteiger partial charge in [-0.2, -0.15) is 0 Å². The van der Waals surface area contributed by atoms with E-state index in [0.717, 1.165) is 36.6 Å². The summed E-state index contributed by atoms with van der Waals surface area (Å²) in [6, 6.07) is 3.99. The topological polar surface area (TPSA) is 12.0 Å². The van der Waals surface area contributed by atoms with Crippen molar-refractivity contribution in [3.8, 4) is 0 Å². The van der Waals surface area contributed by atoms with Crippen LogP contribution in [0.2, 0.25) is 0 Å². The van der Waals surface area contributed by atoms with E-state index in [1.54, 1.807) is 0 Å². The predicted octanol–water partition coefficient (Wildman–Crippen LogP) is 2.98. The molecule has 1 nitrogen and oxygen atoms in total. The number of hydrogen-bond donors (Lipinski definition) is 1. The van der Waals surface area contributed by atoms with Crippen LogP contribution in [0.3, 0.4) is 0 Å². The highest BCUT2D eigenvalue weighted by Crippen LogP contribution is 2.23. The smallest absolute Gasteiger partial charge is 0.129 e. The molecule has 0 saturated carbocycles. The first kappa shape index (κ1) is 11.6. The molecule has 0 spiro atoms. The zero-order valence-corrected chi connectivity index (χ0v) is 10.1. The number of piperidine rings is 1. The number of halogens is 1. The Labute approximate surface area is 97.1 Å². The lowest BCUT2D eigenvalue weighted by molar-refractivity contribution is 0.371. The van der Waals surface area contributed by atoms with Crippen LogP contribution in [-0.2, 0) is 6.42 Å². The van der Waals surface area contributed by atoms with Crippen LogP contribution in [-0.4, -0.2) is 13.1 Å². The van der Waals surface area contributed by atoms with Crippen molar-refractivity contribution in [1.82, 2.24) is 5.32 Å². The highest BCUT2D eigenvalue weighted by molar-refractivity contribution is 5.32. The van der Waals surface area contributed by atoms with Crippen molar-refractivity contribution in [2.45, 2.75) is 33.1 Å². The van der Waals surface area contributed by atoms with Crippen LogP contribution >= 0.6 is 0 Å². The Kier molecular flexibility index (Phi) is 3.59. The van der Waals surface area contributed by atoms with E-state index in [1.807, 2.05) is 19.9 Å². The highest BCUT2D eigenvalue weighted by Gasteiger charge is 2.15. The van der Waals surface area contributed by atoms with Crippen LogP contribution in [0.5, 0.6) is 0 Å². The molecule has 1 aliphatic rings. The van der Waals surface area contributed by atoms with E-state index in [2.05, 4.69) is 11.4 Å². The fraction of sp³-hybridized carbons (Fsp3) is 0.571. The quantitative estimate of drug-likeness (QED) is 0.809. The van der Waals surface area contributed by atoms with Crippen LogP contribution in [0.1, 0.15) is 29.5 Å². The van der Waals surface area contributed by atoms with Crippen molar-refractivity contribution in [3.63, 3.8) is 0 Å². The van der Waals surface area contributed by atoms with Crippen LogP contribution in [0, 0.1) is 25.6 Å². The van der Waals surface area contributed by atoms with Gasteiger partial charge < -0.3 is 5.32 Å². The maximum atomic E-state index is 13.7. The molecule has 0 amide bonds. The first-order chi connectivity index (χ1) is 7.68. The second kappa shape index (κ2) is 4.96. The Hall–Kier alpha value is -0.890. The first-order valence-corrected chi connectivity index (χ1v) is 6.14. The fourth-order valence-electron chi connectivity index (χ4n) is 2.48. The van der Waals surface area contributed by atoms with Gasteiger partial charge in [0.25, 0.3) is 0 Å². The predicted molar refractivity (Wildman–Crippen MR) is 65.2 cm³/mol. The van der Waals surface area contributed by atoms with Crippen molar-refractivity contribution in [2.24, 2.45) is 5.92 Å². The summed E-state index contributed by atoms with van der Waals surface area (Å²) in [5.41, 5.74) is 2.79. The standard InChI is InChI=1S/C14H20FN/c1-10-3-4-13(11(2)14(10)15)9-12-5-7-16-8-6-12/h3-4,12,16H,5-9H2,1-2H3. The molecule has 0 radical (unpaired) electrons. The molecule has 0 bridgehead atoms. The summed E-state index contributed by atoms with van der Waals surface area (Å²) in [5, 5.41) is 3.36. The van der Waals surface area contributed by atoms with Crippen LogP contribution in [0.25, 0.3) is 0 Å². The third kappa shape index (κ3) is 2.43. The lowest BCUT2D eigenvalue weighted by Crippen LogP contribution is -2.28. The molecule has 16 heavy (non-hydrogen) atoms. The Balaban J connectivity index is 2.11. The zero-order valence-electron chi connectivity index (χ0n) is 10.1. The molecule has 2 heteroatoms. The number of hydrogen-bond acceptors (Lipinski definition) is 1. The van der Waals surface area contributed by atoms with Gasteiger partial charge in [-0.3, -0.25) is 0 Å². The van der Waals surface area contributed by atoms with Gasteiger partial charge in [-0.15, -0.1) is 0 Å². The molecule has 1 saturated heterocycles. The molecule has 0 unspecified atom stereocenters. The summed E-state index contributed by atoms with van der Waals surface area (Å²) in [5.74, 6) is 0.702. The van der Waals surface area contributed by atoms with Gasteiger partial charge in [0.2, 0.25) is 0 Å². The van der Waals surface area contributed by atoms with Crippen LogP contribution < -0.4 is 5.32 Å². The van der Waals surface area contributed by atoms with Crippen molar-refractivity contribution in [1.29, 1.82) is 0 Å². The highest BCUT2D eigenvalue weighted by atomic mass is 19.1. The van der Waals surface area contributed by atoms with E-state index >= 15 is 0 Å². The summed E-state index contributed by atoms with van der Waals surface area (Å²) >= 11 is 0. The minimum absolute atomic E-state index is 0.0218. The van der Waals surface area contributed by atoms with Gasteiger partial charge in [-0.25, -0.2) is 4.39 Å². The monoisotopic (exact) mass is 221 g/mol. The maximum Gasteiger partial charge on any atom is 0.129 e. The summed E-state index contributed by atoms with van der Waals surface area (Å²) in [6.07, 6.45) is 3.47. The third-order valence-electron chi connectivity index (χ3n) is 3.66.